The molecule has 2 N–H and O–H groups in total. The van der Waals surface area contributed by atoms with E-state index in [4.69, 9.17) is 0 Å². The molecule has 2 atom stereocenters. The van der Waals surface area contributed by atoms with Gasteiger partial charge in [0.15, 0.2) is 0 Å². The topological polar surface area (TPSA) is 81.1 Å². The Morgan fingerprint density at radius 2 is 1.93 bits per heavy atom. The smallest absolute Gasteiger partial charge is 0.307 e. The maximum absolute atomic E-state index is 13.3. The van der Waals surface area contributed by atoms with Gasteiger partial charge in [-0.05, 0) is 68.3 Å². The summed E-state index contributed by atoms with van der Waals surface area (Å²) in [5, 5.41) is 18.8. The Labute approximate surface area is 166 Å². The zero-order chi connectivity index (χ0) is 19.9. The molecule has 3 aliphatic rings. The summed E-state index contributed by atoms with van der Waals surface area (Å²) in [6.07, 6.45) is 4.46. The minimum atomic E-state index is -0.712. The van der Waals surface area contributed by atoms with Crippen LogP contribution in [-0.4, -0.2) is 57.6 Å². The molecule has 2 unspecified atom stereocenters. The van der Waals surface area contributed by atoms with Gasteiger partial charge in [0.2, 0.25) is 5.91 Å². The van der Waals surface area contributed by atoms with Crippen molar-refractivity contribution in [3.05, 3.63) is 29.8 Å². The lowest BCUT2D eigenvalue weighted by molar-refractivity contribution is -0.146. The molecule has 1 aromatic rings. The number of carbonyl (C=O) groups excluding carboxylic acids is 1. The number of phenolic OH excluding ortho intramolecular Hbond substituents is 1. The molecule has 4 rings (SSSR count). The monoisotopic (exact) mass is 386 g/mol. The molecule has 2 saturated carbocycles. The first kappa shape index (κ1) is 19.2. The van der Waals surface area contributed by atoms with Crippen molar-refractivity contribution in [3.63, 3.8) is 0 Å². The average Bonchev–Trinajstić information content (AvgIpc) is 3.26. The number of carboxylic acids is 1. The fraction of sp³-hybridized carbons (Fsp3) is 0.636. The van der Waals surface area contributed by atoms with E-state index in [1.165, 1.54) is 6.42 Å². The standard InChI is InChI=1S/C22H30N2O4/c1-2-23-9-3-4-17(23)14-24(13-15-5-7-18(25)8-6-15)20(26)16-10-22(11-16)12-19(22)21(27)28/h5-8,16-17,19,25H,2-4,9-14H2,1H3,(H,27,28). The van der Waals surface area contributed by atoms with Gasteiger partial charge in [0.1, 0.15) is 5.75 Å². The summed E-state index contributed by atoms with van der Waals surface area (Å²) in [6.45, 7) is 5.52. The van der Waals surface area contributed by atoms with Crippen LogP contribution in [0, 0.1) is 17.3 Å². The molecular weight excluding hydrogens is 356 g/mol. The van der Waals surface area contributed by atoms with E-state index in [0.29, 0.717) is 12.6 Å². The molecular formula is C22H30N2O4. The number of carbonyl (C=O) groups is 2. The molecule has 28 heavy (non-hydrogen) atoms. The Morgan fingerprint density at radius 3 is 2.54 bits per heavy atom. The van der Waals surface area contributed by atoms with Crippen LogP contribution >= 0.6 is 0 Å². The van der Waals surface area contributed by atoms with Crippen LogP contribution in [0.2, 0.25) is 0 Å². The highest BCUT2D eigenvalue weighted by Gasteiger charge is 2.66. The van der Waals surface area contributed by atoms with Crippen molar-refractivity contribution >= 4 is 11.9 Å². The second kappa shape index (κ2) is 7.39. The third-order valence-corrected chi connectivity index (χ3v) is 7.10. The summed E-state index contributed by atoms with van der Waals surface area (Å²) in [4.78, 5) is 28.9. The molecule has 1 aromatic carbocycles. The summed E-state index contributed by atoms with van der Waals surface area (Å²) >= 11 is 0. The molecule has 1 saturated heterocycles. The van der Waals surface area contributed by atoms with Gasteiger partial charge in [0, 0.05) is 25.0 Å². The van der Waals surface area contributed by atoms with Crippen LogP contribution in [0.15, 0.2) is 24.3 Å². The van der Waals surface area contributed by atoms with E-state index >= 15 is 0 Å². The van der Waals surface area contributed by atoms with E-state index < -0.39 is 5.97 Å². The molecule has 6 heteroatoms. The Morgan fingerprint density at radius 1 is 1.21 bits per heavy atom. The van der Waals surface area contributed by atoms with Crippen molar-refractivity contribution < 1.29 is 19.8 Å². The van der Waals surface area contributed by atoms with E-state index in [9.17, 15) is 19.8 Å². The Kier molecular flexibility index (Phi) is 5.08. The first-order chi connectivity index (χ1) is 13.4. The number of hydrogen-bond acceptors (Lipinski definition) is 4. The van der Waals surface area contributed by atoms with Crippen molar-refractivity contribution in [1.29, 1.82) is 0 Å². The van der Waals surface area contributed by atoms with Crippen LogP contribution in [0.3, 0.4) is 0 Å². The van der Waals surface area contributed by atoms with E-state index in [1.54, 1.807) is 12.1 Å². The SMILES string of the molecule is CCN1CCCC1CN(Cc1ccc(O)cc1)C(=O)C1CC2(C1)CC2C(=O)O. The van der Waals surface area contributed by atoms with E-state index in [-0.39, 0.29) is 28.9 Å². The van der Waals surface area contributed by atoms with E-state index in [1.807, 2.05) is 17.0 Å². The van der Waals surface area contributed by atoms with Gasteiger partial charge in [-0.3, -0.25) is 14.5 Å². The normalized spacial score (nSPS) is 31.5. The predicted molar refractivity (Wildman–Crippen MR) is 105 cm³/mol. The molecule has 0 bridgehead atoms. The molecule has 1 heterocycles. The van der Waals surface area contributed by atoms with Crippen molar-refractivity contribution in [2.24, 2.45) is 17.3 Å². The van der Waals surface area contributed by atoms with Gasteiger partial charge in [-0.25, -0.2) is 0 Å². The molecule has 1 amide bonds. The number of aromatic hydroxyl groups is 1. The minimum absolute atomic E-state index is 0.0436. The molecule has 3 fully saturated rings. The maximum atomic E-state index is 13.3. The van der Waals surface area contributed by atoms with Gasteiger partial charge < -0.3 is 15.1 Å². The van der Waals surface area contributed by atoms with Crippen LogP contribution in [0.5, 0.6) is 5.75 Å². The molecule has 6 nitrogen and oxygen atoms in total. The molecule has 0 radical (unpaired) electrons. The first-order valence-electron chi connectivity index (χ1n) is 10.5. The largest absolute Gasteiger partial charge is 0.508 e. The van der Waals surface area contributed by atoms with Crippen LogP contribution in [0.25, 0.3) is 0 Å². The van der Waals surface area contributed by atoms with Gasteiger partial charge in [-0.15, -0.1) is 0 Å². The van der Waals surface area contributed by atoms with Crippen LogP contribution in [0.1, 0.15) is 44.6 Å². The third kappa shape index (κ3) is 3.62. The Balaban J connectivity index is 1.44. The zero-order valence-electron chi connectivity index (χ0n) is 16.5. The van der Waals surface area contributed by atoms with Gasteiger partial charge in [0.05, 0.1) is 5.92 Å². The zero-order valence-corrected chi connectivity index (χ0v) is 16.5. The summed E-state index contributed by atoms with van der Waals surface area (Å²) in [5.74, 6) is -0.608. The molecule has 2 aliphatic carbocycles. The maximum Gasteiger partial charge on any atom is 0.307 e. The van der Waals surface area contributed by atoms with E-state index in [2.05, 4.69) is 11.8 Å². The first-order valence-corrected chi connectivity index (χ1v) is 10.5. The molecule has 0 aromatic heterocycles. The number of amides is 1. The summed E-state index contributed by atoms with van der Waals surface area (Å²) < 4.78 is 0. The molecule has 1 aliphatic heterocycles. The summed E-state index contributed by atoms with van der Waals surface area (Å²) in [5.41, 5.74) is 0.912. The second-order valence-corrected chi connectivity index (χ2v) is 8.87. The van der Waals surface area contributed by atoms with Gasteiger partial charge in [0.25, 0.3) is 0 Å². The van der Waals surface area contributed by atoms with Gasteiger partial charge >= 0.3 is 5.97 Å². The number of rotatable bonds is 7. The second-order valence-electron chi connectivity index (χ2n) is 8.87. The lowest BCUT2D eigenvalue weighted by atomic mass is 9.69. The van der Waals surface area contributed by atoms with Crippen molar-refractivity contribution in [2.75, 3.05) is 19.6 Å². The molecule has 1 spiro atoms. The Hall–Kier alpha value is -2.08. The van der Waals surface area contributed by atoms with Crippen LogP contribution in [0.4, 0.5) is 0 Å². The quantitative estimate of drug-likeness (QED) is 0.753. The van der Waals surface area contributed by atoms with Crippen LogP contribution < -0.4 is 0 Å². The number of likely N-dealkylation sites (tertiary alicyclic amines) is 1. The number of aliphatic carboxylic acids is 1. The number of phenols is 1. The van der Waals surface area contributed by atoms with Crippen molar-refractivity contribution in [1.82, 2.24) is 9.80 Å². The number of hydrogen-bond donors (Lipinski definition) is 2. The third-order valence-electron chi connectivity index (χ3n) is 7.10. The van der Waals surface area contributed by atoms with Crippen LogP contribution in [-0.2, 0) is 16.1 Å². The Bertz CT molecular complexity index is 741. The highest BCUT2D eigenvalue weighted by molar-refractivity contribution is 5.82. The molecule has 152 valence electrons. The minimum Gasteiger partial charge on any atom is -0.508 e. The predicted octanol–water partition coefficient (Wildman–Crippen LogP) is 2.71. The van der Waals surface area contributed by atoms with Crippen molar-refractivity contribution in [2.45, 2.75) is 51.6 Å². The number of likely N-dealkylation sites (N-methyl/N-ethyl adjacent to an activating group) is 1. The summed E-state index contributed by atoms with van der Waals surface area (Å²) in [7, 11) is 0. The van der Waals surface area contributed by atoms with E-state index in [0.717, 1.165) is 50.9 Å². The number of carboxylic acid groups (broad SMARTS) is 1. The van der Waals surface area contributed by atoms with Gasteiger partial charge in [-0.1, -0.05) is 19.1 Å². The summed E-state index contributed by atoms with van der Waals surface area (Å²) in [6, 6.07) is 7.45. The fourth-order valence-electron chi connectivity index (χ4n) is 5.33. The lowest BCUT2D eigenvalue weighted by Gasteiger charge is -2.40. The average molecular weight is 386 g/mol. The highest BCUT2D eigenvalue weighted by atomic mass is 16.4. The highest BCUT2D eigenvalue weighted by Crippen LogP contribution is 2.67. The fourth-order valence-corrected chi connectivity index (χ4v) is 5.33. The number of benzene rings is 1. The lowest BCUT2D eigenvalue weighted by Crippen LogP contribution is -2.48. The number of nitrogens with zero attached hydrogens (tertiary/aromatic N) is 2. The van der Waals surface area contributed by atoms with Crippen molar-refractivity contribution in [3.8, 4) is 5.75 Å². The van der Waals surface area contributed by atoms with Gasteiger partial charge in [-0.2, -0.15) is 0 Å².